The quantitative estimate of drug-likeness (QED) is 0.587. The van der Waals surface area contributed by atoms with Crippen LogP contribution in [-0.4, -0.2) is 45.5 Å². The van der Waals surface area contributed by atoms with E-state index in [9.17, 15) is 4.79 Å². The smallest absolute Gasteiger partial charge is 0.233 e. The van der Waals surface area contributed by atoms with Crippen LogP contribution < -0.4 is 4.74 Å². The lowest BCUT2D eigenvalue weighted by Crippen LogP contribution is -2.27. The Morgan fingerprint density at radius 3 is 2.67 bits per heavy atom. The van der Waals surface area contributed by atoms with E-state index in [4.69, 9.17) is 4.74 Å². The van der Waals surface area contributed by atoms with Crippen molar-refractivity contribution in [3.63, 3.8) is 0 Å². The highest BCUT2D eigenvalue weighted by Crippen LogP contribution is 2.22. The van der Waals surface area contributed by atoms with Crippen LogP contribution in [0, 0.1) is 0 Å². The topological polar surface area (TPSA) is 60.2 Å². The van der Waals surface area contributed by atoms with E-state index >= 15 is 0 Å². The summed E-state index contributed by atoms with van der Waals surface area (Å²) in [6.45, 7) is 0.532. The highest BCUT2D eigenvalue weighted by molar-refractivity contribution is 7.99. The molecule has 0 N–H and O–H groups in total. The molecule has 0 atom stereocenters. The summed E-state index contributed by atoms with van der Waals surface area (Å²) in [4.78, 5) is 14.2. The van der Waals surface area contributed by atoms with Crippen LogP contribution in [0.2, 0.25) is 0 Å². The fourth-order valence-corrected chi connectivity index (χ4v) is 3.50. The molecule has 0 aliphatic carbocycles. The lowest BCUT2D eigenvalue weighted by Gasteiger charge is -2.17. The number of hydrogen-bond acceptors (Lipinski definition) is 5. The average Bonchev–Trinajstić information content (AvgIpc) is 3.07. The minimum Gasteiger partial charge on any atom is -0.497 e. The van der Waals surface area contributed by atoms with Crippen LogP contribution in [0.3, 0.4) is 0 Å². The predicted octanol–water partition coefficient (Wildman–Crippen LogP) is 3.24. The number of carbonyl (C=O) groups excluding carboxylic acids is 1. The van der Waals surface area contributed by atoms with E-state index in [0.717, 1.165) is 27.9 Å². The van der Waals surface area contributed by atoms with Crippen molar-refractivity contribution in [2.75, 3.05) is 19.9 Å². The largest absolute Gasteiger partial charge is 0.497 e. The molecule has 0 aliphatic heterocycles. The maximum atomic E-state index is 12.5. The van der Waals surface area contributed by atoms with E-state index in [0.29, 0.717) is 12.3 Å². The normalized spacial score (nSPS) is 10.6. The fourth-order valence-electron chi connectivity index (χ4n) is 2.65. The molecule has 6 nitrogen and oxygen atoms in total. The second kappa shape index (κ2) is 8.73. The number of hydrogen-bond donors (Lipinski definition) is 0. The Kier molecular flexibility index (Phi) is 6.13. The van der Waals surface area contributed by atoms with Crippen LogP contribution in [0.25, 0.3) is 11.4 Å². The number of aromatic nitrogens is 3. The Balaban J connectivity index is 1.59. The Bertz CT molecular complexity index is 911. The summed E-state index contributed by atoms with van der Waals surface area (Å²) < 4.78 is 7.14. The molecule has 140 valence electrons. The fraction of sp³-hybridized carbons (Fsp3) is 0.250. The minimum atomic E-state index is 0.0343. The lowest BCUT2D eigenvalue weighted by molar-refractivity contribution is -0.127. The molecular weight excluding hydrogens is 360 g/mol. The molecule has 0 bridgehead atoms. The van der Waals surface area contributed by atoms with Crippen LogP contribution in [0.5, 0.6) is 5.75 Å². The third kappa shape index (κ3) is 4.68. The van der Waals surface area contributed by atoms with Crippen LogP contribution in [-0.2, 0) is 18.4 Å². The van der Waals surface area contributed by atoms with Gasteiger partial charge in [-0.1, -0.05) is 54.2 Å². The maximum absolute atomic E-state index is 12.5. The zero-order chi connectivity index (χ0) is 19.2. The van der Waals surface area contributed by atoms with Crippen molar-refractivity contribution in [1.82, 2.24) is 19.7 Å². The van der Waals surface area contributed by atoms with Gasteiger partial charge in [-0.25, -0.2) is 0 Å². The monoisotopic (exact) mass is 382 g/mol. The molecule has 3 rings (SSSR count). The molecule has 1 amide bonds. The van der Waals surface area contributed by atoms with E-state index in [1.54, 1.807) is 19.1 Å². The summed E-state index contributed by atoms with van der Waals surface area (Å²) in [6, 6.07) is 17.6. The van der Waals surface area contributed by atoms with Gasteiger partial charge in [0.2, 0.25) is 5.91 Å². The molecular formula is C20H22N4O2S. The Labute approximate surface area is 163 Å². The standard InChI is InChI=1S/C20H22N4O2S/c1-23(13-15-8-7-11-17(12-15)26-3)18(25)14-27-20-22-21-19(24(20)2)16-9-5-4-6-10-16/h4-12H,13-14H2,1-3H3. The Morgan fingerprint density at radius 2 is 1.93 bits per heavy atom. The van der Waals surface area contributed by atoms with Gasteiger partial charge < -0.3 is 14.2 Å². The molecule has 0 saturated carbocycles. The van der Waals surface area contributed by atoms with Crippen molar-refractivity contribution in [3.05, 3.63) is 60.2 Å². The molecule has 2 aromatic carbocycles. The van der Waals surface area contributed by atoms with Crippen LogP contribution in [0.4, 0.5) is 0 Å². The summed E-state index contributed by atoms with van der Waals surface area (Å²) in [5.41, 5.74) is 2.03. The molecule has 1 aromatic heterocycles. The van der Waals surface area contributed by atoms with Crippen LogP contribution in [0.15, 0.2) is 59.8 Å². The zero-order valence-corrected chi connectivity index (χ0v) is 16.4. The lowest BCUT2D eigenvalue weighted by atomic mass is 10.2. The van der Waals surface area contributed by atoms with Gasteiger partial charge in [-0.3, -0.25) is 4.79 Å². The molecule has 0 unspecified atom stereocenters. The number of benzene rings is 2. The van der Waals surface area contributed by atoms with Gasteiger partial charge in [-0.2, -0.15) is 0 Å². The van der Waals surface area contributed by atoms with Gasteiger partial charge >= 0.3 is 0 Å². The molecule has 0 saturated heterocycles. The second-order valence-corrected chi connectivity index (χ2v) is 7.06. The molecule has 0 radical (unpaired) electrons. The van der Waals surface area contributed by atoms with Gasteiger partial charge in [0.25, 0.3) is 0 Å². The third-order valence-electron chi connectivity index (χ3n) is 4.17. The number of methoxy groups -OCH3 is 1. The first-order valence-corrected chi connectivity index (χ1v) is 9.51. The van der Waals surface area contributed by atoms with Crippen molar-refractivity contribution in [3.8, 4) is 17.1 Å². The second-order valence-electron chi connectivity index (χ2n) is 6.12. The predicted molar refractivity (Wildman–Crippen MR) is 107 cm³/mol. The van der Waals surface area contributed by atoms with Gasteiger partial charge in [0.05, 0.1) is 12.9 Å². The highest BCUT2D eigenvalue weighted by Gasteiger charge is 2.15. The van der Waals surface area contributed by atoms with E-state index in [2.05, 4.69) is 10.2 Å². The number of carbonyl (C=O) groups is 1. The Hall–Kier alpha value is -2.80. The first-order valence-electron chi connectivity index (χ1n) is 8.53. The van der Waals surface area contributed by atoms with Crippen molar-refractivity contribution in [2.45, 2.75) is 11.7 Å². The number of rotatable bonds is 7. The molecule has 27 heavy (non-hydrogen) atoms. The molecule has 0 spiro atoms. The highest BCUT2D eigenvalue weighted by atomic mass is 32.2. The zero-order valence-electron chi connectivity index (χ0n) is 15.6. The molecule has 0 fully saturated rings. The van der Waals surface area contributed by atoms with E-state index in [1.165, 1.54) is 11.8 Å². The Morgan fingerprint density at radius 1 is 1.15 bits per heavy atom. The number of ether oxygens (including phenoxy) is 1. The van der Waals surface area contributed by atoms with Crippen LogP contribution >= 0.6 is 11.8 Å². The van der Waals surface area contributed by atoms with Gasteiger partial charge in [0, 0.05) is 26.2 Å². The van der Waals surface area contributed by atoms with Gasteiger partial charge in [0.1, 0.15) is 5.75 Å². The van der Waals surface area contributed by atoms with E-state index < -0.39 is 0 Å². The summed E-state index contributed by atoms with van der Waals surface area (Å²) in [5, 5.41) is 9.19. The van der Waals surface area contributed by atoms with Gasteiger partial charge in [-0.15, -0.1) is 10.2 Å². The summed E-state index contributed by atoms with van der Waals surface area (Å²) in [6.07, 6.45) is 0. The molecule has 3 aromatic rings. The average molecular weight is 382 g/mol. The van der Waals surface area contributed by atoms with Crippen molar-refractivity contribution >= 4 is 17.7 Å². The summed E-state index contributed by atoms with van der Waals surface area (Å²) in [7, 11) is 5.35. The van der Waals surface area contributed by atoms with Crippen molar-refractivity contribution < 1.29 is 9.53 Å². The van der Waals surface area contributed by atoms with E-state index in [1.807, 2.05) is 66.2 Å². The number of thioether (sulfide) groups is 1. The minimum absolute atomic E-state index is 0.0343. The van der Waals surface area contributed by atoms with E-state index in [-0.39, 0.29) is 5.91 Å². The molecule has 1 heterocycles. The SMILES string of the molecule is COc1cccc(CN(C)C(=O)CSc2nnc(-c3ccccc3)n2C)c1. The van der Waals surface area contributed by atoms with Crippen molar-refractivity contribution in [2.24, 2.45) is 7.05 Å². The summed E-state index contributed by atoms with van der Waals surface area (Å²) in [5.74, 6) is 1.92. The summed E-state index contributed by atoms with van der Waals surface area (Å²) >= 11 is 1.39. The number of nitrogens with zero attached hydrogens (tertiary/aromatic N) is 4. The van der Waals surface area contributed by atoms with Crippen LogP contribution in [0.1, 0.15) is 5.56 Å². The van der Waals surface area contributed by atoms with Crippen molar-refractivity contribution in [1.29, 1.82) is 0 Å². The maximum Gasteiger partial charge on any atom is 0.233 e. The molecule has 0 aliphatic rings. The molecule has 7 heteroatoms. The first-order chi connectivity index (χ1) is 13.1. The number of amides is 1. The van der Waals surface area contributed by atoms with Gasteiger partial charge in [0.15, 0.2) is 11.0 Å². The van der Waals surface area contributed by atoms with Gasteiger partial charge in [-0.05, 0) is 17.7 Å². The first kappa shape index (κ1) is 19.0. The third-order valence-corrected chi connectivity index (χ3v) is 5.18.